The highest BCUT2D eigenvalue weighted by Crippen LogP contribution is 2.28. The SMILES string of the molecule is CC1CN(CC(C)(C=O)c2ccccc2)CC1C. The average Bonchev–Trinajstić information content (AvgIpc) is 2.69. The predicted octanol–water partition coefficient (Wildman–Crippen LogP) is 2.73. The van der Waals surface area contributed by atoms with E-state index in [1.54, 1.807) is 0 Å². The monoisotopic (exact) mass is 245 g/mol. The minimum absolute atomic E-state index is 0.384. The topological polar surface area (TPSA) is 20.3 Å². The van der Waals surface area contributed by atoms with Gasteiger partial charge in [-0.1, -0.05) is 44.2 Å². The van der Waals surface area contributed by atoms with Crippen LogP contribution in [-0.2, 0) is 10.2 Å². The van der Waals surface area contributed by atoms with Crippen molar-refractivity contribution >= 4 is 6.29 Å². The van der Waals surface area contributed by atoms with E-state index in [1.165, 1.54) is 0 Å². The summed E-state index contributed by atoms with van der Waals surface area (Å²) >= 11 is 0. The summed E-state index contributed by atoms with van der Waals surface area (Å²) in [6.07, 6.45) is 1.11. The zero-order valence-electron chi connectivity index (χ0n) is 11.6. The maximum atomic E-state index is 11.6. The molecule has 1 saturated heterocycles. The van der Waals surface area contributed by atoms with E-state index in [9.17, 15) is 4.79 Å². The van der Waals surface area contributed by atoms with Gasteiger partial charge < -0.3 is 9.69 Å². The van der Waals surface area contributed by atoms with Crippen LogP contribution in [0.15, 0.2) is 30.3 Å². The van der Waals surface area contributed by atoms with Crippen LogP contribution >= 0.6 is 0 Å². The van der Waals surface area contributed by atoms with Gasteiger partial charge in [0.1, 0.15) is 6.29 Å². The van der Waals surface area contributed by atoms with Gasteiger partial charge in [0, 0.05) is 19.6 Å². The number of carbonyl (C=O) groups is 1. The van der Waals surface area contributed by atoms with Gasteiger partial charge in [-0.2, -0.15) is 0 Å². The molecule has 0 radical (unpaired) electrons. The van der Waals surface area contributed by atoms with Crippen molar-refractivity contribution in [3.8, 4) is 0 Å². The molecule has 3 atom stereocenters. The summed E-state index contributed by atoms with van der Waals surface area (Å²) in [5, 5.41) is 0. The number of nitrogens with zero attached hydrogens (tertiary/aromatic N) is 1. The second-order valence-electron chi connectivity index (χ2n) is 6.05. The number of likely N-dealkylation sites (tertiary alicyclic amines) is 1. The molecule has 1 aliphatic heterocycles. The maximum absolute atomic E-state index is 11.6. The molecule has 1 heterocycles. The Morgan fingerprint density at radius 3 is 2.28 bits per heavy atom. The molecule has 0 aromatic heterocycles. The minimum Gasteiger partial charge on any atom is -0.302 e. The summed E-state index contributed by atoms with van der Waals surface area (Å²) in [7, 11) is 0. The summed E-state index contributed by atoms with van der Waals surface area (Å²) in [5.74, 6) is 1.47. The van der Waals surface area contributed by atoms with E-state index in [1.807, 2.05) is 25.1 Å². The van der Waals surface area contributed by atoms with Crippen molar-refractivity contribution in [2.75, 3.05) is 19.6 Å². The van der Waals surface area contributed by atoms with Gasteiger partial charge in [-0.25, -0.2) is 0 Å². The lowest BCUT2D eigenvalue weighted by molar-refractivity contribution is -0.112. The Kier molecular flexibility index (Phi) is 3.86. The van der Waals surface area contributed by atoms with Crippen molar-refractivity contribution in [2.45, 2.75) is 26.2 Å². The molecule has 98 valence electrons. The summed E-state index contributed by atoms with van der Waals surface area (Å²) in [5.41, 5.74) is 0.734. The van der Waals surface area contributed by atoms with Gasteiger partial charge in [-0.15, -0.1) is 0 Å². The molecule has 0 bridgehead atoms. The van der Waals surface area contributed by atoms with Gasteiger partial charge in [-0.3, -0.25) is 0 Å². The molecule has 3 unspecified atom stereocenters. The highest BCUT2D eigenvalue weighted by molar-refractivity contribution is 5.68. The Morgan fingerprint density at radius 2 is 1.78 bits per heavy atom. The lowest BCUT2D eigenvalue weighted by Crippen LogP contribution is -2.39. The molecule has 0 saturated carbocycles. The molecular weight excluding hydrogens is 222 g/mol. The van der Waals surface area contributed by atoms with Crippen LogP contribution < -0.4 is 0 Å². The van der Waals surface area contributed by atoms with Crippen molar-refractivity contribution in [1.82, 2.24) is 4.90 Å². The second-order valence-corrected chi connectivity index (χ2v) is 6.05. The normalized spacial score (nSPS) is 27.9. The largest absolute Gasteiger partial charge is 0.302 e. The smallest absolute Gasteiger partial charge is 0.131 e. The molecular formula is C16H23NO. The van der Waals surface area contributed by atoms with Crippen molar-refractivity contribution in [1.29, 1.82) is 0 Å². The van der Waals surface area contributed by atoms with Gasteiger partial charge in [0.25, 0.3) is 0 Å². The minimum atomic E-state index is -0.384. The molecule has 2 nitrogen and oxygen atoms in total. The van der Waals surface area contributed by atoms with Crippen LogP contribution in [0.2, 0.25) is 0 Å². The van der Waals surface area contributed by atoms with Crippen LogP contribution in [0.4, 0.5) is 0 Å². The van der Waals surface area contributed by atoms with Crippen LogP contribution in [0.25, 0.3) is 0 Å². The van der Waals surface area contributed by atoms with Crippen molar-refractivity contribution in [2.24, 2.45) is 11.8 Å². The van der Waals surface area contributed by atoms with Crippen molar-refractivity contribution in [3.05, 3.63) is 35.9 Å². The molecule has 0 N–H and O–H groups in total. The first-order chi connectivity index (χ1) is 8.55. The van der Waals surface area contributed by atoms with E-state index in [0.29, 0.717) is 0 Å². The van der Waals surface area contributed by atoms with E-state index in [4.69, 9.17) is 0 Å². The van der Waals surface area contributed by atoms with Crippen LogP contribution in [0.3, 0.4) is 0 Å². The summed E-state index contributed by atoms with van der Waals surface area (Å²) in [6.45, 7) is 9.68. The van der Waals surface area contributed by atoms with Gasteiger partial charge in [0.05, 0.1) is 5.41 Å². The summed E-state index contributed by atoms with van der Waals surface area (Å²) < 4.78 is 0. The number of rotatable bonds is 4. The molecule has 1 aliphatic rings. The highest BCUT2D eigenvalue weighted by atomic mass is 16.1. The third-order valence-electron chi connectivity index (χ3n) is 4.31. The van der Waals surface area contributed by atoms with E-state index in [2.05, 4.69) is 30.9 Å². The van der Waals surface area contributed by atoms with Gasteiger partial charge >= 0.3 is 0 Å². The Hall–Kier alpha value is -1.15. The quantitative estimate of drug-likeness (QED) is 0.760. The van der Waals surface area contributed by atoms with Crippen LogP contribution in [0, 0.1) is 11.8 Å². The van der Waals surface area contributed by atoms with Gasteiger partial charge in [0.15, 0.2) is 0 Å². The van der Waals surface area contributed by atoms with Crippen molar-refractivity contribution < 1.29 is 4.79 Å². The Morgan fingerprint density at radius 1 is 1.22 bits per heavy atom. The Bertz CT molecular complexity index is 393. The predicted molar refractivity (Wildman–Crippen MR) is 74.6 cm³/mol. The number of hydrogen-bond donors (Lipinski definition) is 0. The first-order valence-corrected chi connectivity index (χ1v) is 6.79. The number of benzene rings is 1. The number of hydrogen-bond acceptors (Lipinski definition) is 2. The zero-order valence-corrected chi connectivity index (χ0v) is 11.6. The van der Waals surface area contributed by atoms with E-state index >= 15 is 0 Å². The van der Waals surface area contributed by atoms with Crippen LogP contribution in [0.5, 0.6) is 0 Å². The molecule has 0 spiro atoms. The molecule has 2 rings (SSSR count). The molecule has 2 heteroatoms. The third kappa shape index (κ3) is 2.64. The molecule has 1 aromatic carbocycles. The van der Waals surface area contributed by atoms with E-state index in [0.717, 1.165) is 43.3 Å². The number of carbonyl (C=O) groups excluding carboxylic acids is 1. The third-order valence-corrected chi connectivity index (χ3v) is 4.31. The first-order valence-electron chi connectivity index (χ1n) is 6.79. The standard InChI is InChI=1S/C16H23NO/c1-13-9-17(10-14(13)2)11-16(3,12-18)15-7-5-4-6-8-15/h4-8,12-14H,9-11H2,1-3H3. The van der Waals surface area contributed by atoms with Crippen molar-refractivity contribution in [3.63, 3.8) is 0 Å². The van der Waals surface area contributed by atoms with Gasteiger partial charge in [0.2, 0.25) is 0 Å². The van der Waals surface area contributed by atoms with Crippen LogP contribution in [-0.4, -0.2) is 30.8 Å². The first kappa shape index (κ1) is 13.3. The fraction of sp³-hybridized carbons (Fsp3) is 0.562. The molecule has 18 heavy (non-hydrogen) atoms. The van der Waals surface area contributed by atoms with E-state index in [-0.39, 0.29) is 5.41 Å². The Balaban J connectivity index is 2.12. The second kappa shape index (κ2) is 5.23. The van der Waals surface area contributed by atoms with Crippen LogP contribution in [0.1, 0.15) is 26.3 Å². The molecule has 0 aliphatic carbocycles. The lowest BCUT2D eigenvalue weighted by Gasteiger charge is -2.29. The average molecular weight is 245 g/mol. The zero-order chi connectivity index (χ0) is 13.2. The number of aldehydes is 1. The molecule has 0 amide bonds. The van der Waals surface area contributed by atoms with Gasteiger partial charge in [-0.05, 0) is 24.3 Å². The Labute approximate surface area is 110 Å². The molecule has 1 aromatic rings. The fourth-order valence-electron chi connectivity index (χ4n) is 2.86. The molecule has 1 fully saturated rings. The lowest BCUT2D eigenvalue weighted by atomic mass is 9.83. The summed E-state index contributed by atoms with van der Waals surface area (Å²) in [4.78, 5) is 14.0. The highest BCUT2D eigenvalue weighted by Gasteiger charge is 2.33. The fourth-order valence-corrected chi connectivity index (χ4v) is 2.86. The summed E-state index contributed by atoms with van der Waals surface area (Å²) in [6, 6.07) is 10.1. The maximum Gasteiger partial charge on any atom is 0.131 e. The van der Waals surface area contributed by atoms with E-state index < -0.39 is 0 Å².